The molecular weight excluding hydrogens is 233 g/mol. The zero-order valence-corrected chi connectivity index (χ0v) is 10.5. The number of benzene rings is 1. The third-order valence-corrected chi connectivity index (χ3v) is 3.80. The maximum Gasteiger partial charge on any atom is 0.216 e. The summed E-state index contributed by atoms with van der Waals surface area (Å²) in [6.45, 7) is 1.89. The number of methoxy groups -OCH3 is 1. The fraction of sp³-hybridized carbons (Fsp3) is 0.500. The fourth-order valence-corrected chi connectivity index (χ4v) is 2.63. The van der Waals surface area contributed by atoms with E-state index in [1.807, 2.05) is 31.2 Å². The molecule has 96 valence electrons. The maximum atomic E-state index is 13.5. The lowest BCUT2D eigenvalue weighted by Crippen LogP contribution is -2.23. The Hall–Kier alpha value is -1.58. The quantitative estimate of drug-likeness (QED) is 0.806. The van der Waals surface area contributed by atoms with Crippen molar-refractivity contribution in [3.8, 4) is 5.75 Å². The Morgan fingerprint density at radius 1 is 1.33 bits per heavy atom. The molecule has 1 fully saturated rings. The Morgan fingerprint density at radius 2 is 2.06 bits per heavy atom. The summed E-state index contributed by atoms with van der Waals surface area (Å²) < 4.78 is 24.4. The predicted octanol–water partition coefficient (Wildman–Crippen LogP) is 2.59. The van der Waals surface area contributed by atoms with Crippen LogP contribution in [0.25, 0.3) is 0 Å². The van der Waals surface area contributed by atoms with E-state index in [2.05, 4.69) is 4.99 Å². The second-order valence-electron chi connectivity index (χ2n) is 4.92. The van der Waals surface area contributed by atoms with E-state index in [4.69, 9.17) is 9.47 Å². The lowest BCUT2D eigenvalue weighted by atomic mass is 10.1. The van der Waals surface area contributed by atoms with Crippen molar-refractivity contribution in [2.24, 2.45) is 10.9 Å². The van der Waals surface area contributed by atoms with Gasteiger partial charge in [0.1, 0.15) is 18.0 Å². The molecule has 0 spiro atoms. The van der Waals surface area contributed by atoms with E-state index >= 15 is 0 Å². The fourth-order valence-electron chi connectivity index (χ4n) is 2.63. The van der Waals surface area contributed by atoms with Gasteiger partial charge in [0.15, 0.2) is 0 Å². The van der Waals surface area contributed by atoms with E-state index < -0.39 is 6.17 Å². The SMILES string of the molecule is COc1ccc(C2=NC3CC(F)C(C)C3O2)cc1. The molecule has 0 radical (unpaired) electrons. The van der Waals surface area contributed by atoms with Crippen molar-refractivity contribution in [3.63, 3.8) is 0 Å². The zero-order valence-electron chi connectivity index (χ0n) is 10.5. The van der Waals surface area contributed by atoms with Gasteiger partial charge in [-0.15, -0.1) is 0 Å². The van der Waals surface area contributed by atoms with E-state index in [0.717, 1.165) is 11.3 Å². The molecular formula is C14H16FNO2. The highest BCUT2D eigenvalue weighted by atomic mass is 19.1. The van der Waals surface area contributed by atoms with Crippen LogP contribution in [-0.2, 0) is 4.74 Å². The molecule has 1 heterocycles. The van der Waals surface area contributed by atoms with Gasteiger partial charge >= 0.3 is 0 Å². The third-order valence-electron chi connectivity index (χ3n) is 3.80. The number of fused-ring (bicyclic) bond motifs is 1. The Bertz CT molecular complexity index is 471. The van der Waals surface area contributed by atoms with Crippen molar-refractivity contribution >= 4 is 5.90 Å². The van der Waals surface area contributed by atoms with Gasteiger partial charge in [0.2, 0.25) is 5.90 Å². The van der Waals surface area contributed by atoms with Crippen molar-refractivity contribution in [1.29, 1.82) is 0 Å². The number of halogens is 1. The molecule has 0 bridgehead atoms. The van der Waals surface area contributed by atoms with Crippen LogP contribution in [0, 0.1) is 5.92 Å². The van der Waals surface area contributed by atoms with Gasteiger partial charge in [0.25, 0.3) is 0 Å². The third kappa shape index (κ3) is 1.76. The van der Waals surface area contributed by atoms with Crippen LogP contribution < -0.4 is 4.74 Å². The standard InChI is InChI=1S/C14H16FNO2/c1-8-11(15)7-12-13(8)18-14(16-12)9-3-5-10(17-2)6-4-9/h3-6,8,11-13H,7H2,1-2H3. The maximum absolute atomic E-state index is 13.5. The summed E-state index contributed by atoms with van der Waals surface area (Å²) in [6, 6.07) is 7.55. The number of rotatable bonds is 2. The van der Waals surface area contributed by atoms with Crippen LogP contribution in [0.1, 0.15) is 18.9 Å². The topological polar surface area (TPSA) is 30.8 Å². The predicted molar refractivity (Wildman–Crippen MR) is 66.9 cm³/mol. The van der Waals surface area contributed by atoms with Crippen LogP contribution in [0.5, 0.6) is 5.75 Å². The normalized spacial score (nSPS) is 33.8. The van der Waals surface area contributed by atoms with E-state index in [1.54, 1.807) is 7.11 Å². The summed E-state index contributed by atoms with van der Waals surface area (Å²) in [4.78, 5) is 4.49. The van der Waals surface area contributed by atoms with Gasteiger partial charge in [0, 0.05) is 17.9 Å². The van der Waals surface area contributed by atoms with Crippen LogP contribution in [0.15, 0.2) is 29.3 Å². The highest BCUT2D eigenvalue weighted by Crippen LogP contribution is 2.37. The molecule has 1 aliphatic carbocycles. The van der Waals surface area contributed by atoms with E-state index in [9.17, 15) is 4.39 Å². The number of ether oxygens (including phenoxy) is 2. The van der Waals surface area contributed by atoms with E-state index in [0.29, 0.717) is 12.3 Å². The van der Waals surface area contributed by atoms with E-state index in [1.165, 1.54) is 0 Å². The number of nitrogens with zero attached hydrogens (tertiary/aromatic N) is 1. The molecule has 0 saturated heterocycles. The first-order valence-electron chi connectivity index (χ1n) is 6.22. The Kier molecular flexibility index (Phi) is 2.73. The summed E-state index contributed by atoms with van der Waals surface area (Å²) >= 11 is 0. The molecule has 1 aliphatic heterocycles. The molecule has 3 rings (SSSR count). The van der Waals surface area contributed by atoms with Crippen molar-refractivity contribution in [1.82, 2.24) is 0 Å². The van der Waals surface area contributed by atoms with Crippen molar-refractivity contribution in [2.75, 3.05) is 7.11 Å². The molecule has 0 N–H and O–H groups in total. The molecule has 1 aromatic rings. The number of hydrogen-bond donors (Lipinski definition) is 0. The molecule has 0 amide bonds. The lowest BCUT2D eigenvalue weighted by molar-refractivity contribution is 0.137. The Balaban J connectivity index is 1.80. The average Bonchev–Trinajstić information content (AvgIpc) is 2.91. The van der Waals surface area contributed by atoms with Gasteiger partial charge in [0.05, 0.1) is 13.2 Å². The zero-order chi connectivity index (χ0) is 12.7. The summed E-state index contributed by atoms with van der Waals surface area (Å²) in [5.74, 6) is 1.36. The summed E-state index contributed by atoms with van der Waals surface area (Å²) in [6.07, 6.45) is -0.413. The monoisotopic (exact) mass is 249 g/mol. The van der Waals surface area contributed by atoms with Crippen LogP contribution in [0.3, 0.4) is 0 Å². The van der Waals surface area contributed by atoms with Crippen LogP contribution >= 0.6 is 0 Å². The molecule has 4 unspecified atom stereocenters. The van der Waals surface area contributed by atoms with Gasteiger partial charge in [-0.1, -0.05) is 6.92 Å². The molecule has 2 aliphatic rings. The molecule has 4 heteroatoms. The van der Waals surface area contributed by atoms with Gasteiger partial charge in [-0.25, -0.2) is 9.38 Å². The molecule has 0 aromatic heterocycles. The molecule has 1 aromatic carbocycles. The lowest BCUT2D eigenvalue weighted by Gasteiger charge is -2.15. The van der Waals surface area contributed by atoms with Gasteiger partial charge in [-0.05, 0) is 24.3 Å². The minimum Gasteiger partial charge on any atom is -0.497 e. The van der Waals surface area contributed by atoms with Crippen molar-refractivity contribution < 1.29 is 13.9 Å². The largest absolute Gasteiger partial charge is 0.497 e. The highest BCUT2D eigenvalue weighted by Gasteiger charge is 2.46. The second-order valence-corrected chi connectivity index (χ2v) is 4.92. The number of hydrogen-bond acceptors (Lipinski definition) is 3. The smallest absolute Gasteiger partial charge is 0.216 e. The van der Waals surface area contributed by atoms with Crippen LogP contribution in [0.4, 0.5) is 4.39 Å². The van der Waals surface area contributed by atoms with Gasteiger partial charge in [-0.3, -0.25) is 0 Å². The van der Waals surface area contributed by atoms with E-state index in [-0.39, 0.29) is 18.1 Å². The van der Waals surface area contributed by atoms with Crippen LogP contribution in [0.2, 0.25) is 0 Å². The summed E-state index contributed by atoms with van der Waals surface area (Å²) in [5, 5.41) is 0. The Morgan fingerprint density at radius 3 is 2.67 bits per heavy atom. The second kappa shape index (κ2) is 4.26. The molecule has 3 nitrogen and oxygen atoms in total. The first-order chi connectivity index (χ1) is 8.69. The molecule has 18 heavy (non-hydrogen) atoms. The number of alkyl halides is 1. The van der Waals surface area contributed by atoms with Crippen molar-refractivity contribution in [3.05, 3.63) is 29.8 Å². The first kappa shape index (κ1) is 11.5. The highest BCUT2D eigenvalue weighted by molar-refractivity contribution is 5.95. The minimum absolute atomic E-state index is 0.0212. The number of aliphatic imine (C=N–C) groups is 1. The summed E-state index contributed by atoms with van der Waals surface area (Å²) in [7, 11) is 1.63. The van der Waals surface area contributed by atoms with Crippen LogP contribution in [-0.4, -0.2) is 31.3 Å². The molecule has 1 saturated carbocycles. The average molecular weight is 249 g/mol. The Labute approximate surface area is 106 Å². The molecule has 4 atom stereocenters. The summed E-state index contributed by atoms with van der Waals surface area (Å²) in [5.41, 5.74) is 0.924. The van der Waals surface area contributed by atoms with Gasteiger partial charge < -0.3 is 9.47 Å². The minimum atomic E-state index is -0.791. The first-order valence-corrected chi connectivity index (χ1v) is 6.22. The van der Waals surface area contributed by atoms with Crippen molar-refractivity contribution in [2.45, 2.75) is 31.7 Å². The van der Waals surface area contributed by atoms with Gasteiger partial charge in [-0.2, -0.15) is 0 Å².